The molecule has 5 nitrogen and oxygen atoms in total. The number of ketones is 1. The second-order valence-corrected chi connectivity index (χ2v) is 5.52. The molecule has 5 heteroatoms. The predicted octanol–water partition coefficient (Wildman–Crippen LogP) is 3.07. The summed E-state index contributed by atoms with van der Waals surface area (Å²) in [5.74, 6) is -0.151. The molecule has 0 aliphatic heterocycles. The quantitative estimate of drug-likeness (QED) is 0.550. The van der Waals surface area contributed by atoms with Crippen molar-refractivity contribution >= 4 is 11.8 Å². The summed E-state index contributed by atoms with van der Waals surface area (Å²) >= 11 is 0. The van der Waals surface area contributed by atoms with Crippen molar-refractivity contribution in [2.45, 2.75) is 32.1 Å². The number of carbonyl (C=O) groups is 2. The van der Waals surface area contributed by atoms with Crippen LogP contribution in [0.5, 0.6) is 0 Å². The van der Waals surface area contributed by atoms with Crippen molar-refractivity contribution in [3.05, 3.63) is 70.3 Å². The number of rotatable bonds is 8. The standard InChI is InChI=1S/C19H20O5/c1-14(20)23-10-5-8-16(21)12-18(15-6-3-2-4-7-15)19-13-17(22)9-11-24-19/h2-4,6-7,9,11,13,18H,5,8,10,12H2,1H3. The highest BCUT2D eigenvalue weighted by atomic mass is 16.5. The van der Waals surface area contributed by atoms with E-state index in [1.807, 2.05) is 30.3 Å². The van der Waals surface area contributed by atoms with Crippen LogP contribution in [0.2, 0.25) is 0 Å². The van der Waals surface area contributed by atoms with Gasteiger partial charge in [-0.05, 0) is 12.0 Å². The van der Waals surface area contributed by atoms with E-state index >= 15 is 0 Å². The molecule has 0 saturated carbocycles. The smallest absolute Gasteiger partial charge is 0.302 e. The summed E-state index contributed by atoms with van der Waals surface area (Å²) in [4.78, 5) is 34.6. The van der Waals surface area contributed by atoms with E-state index in [0.717, 1.165) is 5.56 Å². The predicted molar refractivity (Wildman–Crippen MR) is 88.8 cm³/mol. The first-order valence-corrected chi connectivity index (χ1v) is 7.85. The van der Waals surface area contributed by atoms with Gasteiger partial charge < -0.3 is 9.15 Å². The van der Waals surface area contributed by atoms with E-state index in [1.165, 1.54) is 25.3 Å². The van der Waals surface area contributed by atoms with E-state index in [1.54, 1.807) is 0 Å². The van der Waals surface area contributed by atoms with Gasteiger partial charge in [0, 0.05) is 37.8 Å². The highest BCUT2D eigenvalue weighted by Crippen LogP contribution is 2.28. The summed E-state index contributed by atoms with van der Waals surface area (Å²) < 4.78 is 10.3. The molecule has 126 valence electrons. The third-order valence-electron chi connectivity index (χ3n) is 3.60. The molecule has 0 bridgehead atoms. The Balaban J connectivity index is 2.08. The van der Waals surface area contributed by atoms with E-state index in [-0.39, 0.29) is 36.1 Å². The van der Waals surface area contributed by atoms with E-state index in [9.17, 15) is 14.4 Å². The van der Waals surface area contributed by atoms with Gasteiger partial charge in [-0.25, -0.2) is 0 Å². The lowest BCUT2D eigenvalue weighted by Crippen LogP contribution is -2.12. The summed E-state index contributed by atoms with van der Waals surface area (Å²) in [6.07, 6.45) is 2.38. The van der Waals surface area contributed by atoms with Gasteiger partial charge in [-0.3, -0.25) is 14.4 Å². The van der Waals surface area contributed by atoms with Crippen LogP contribution >= 0.6 is 0 Å². The second kappa shape index (κ2) is 8.82. The summed E-state index contributed by atoms with van der Waals surface area (Å²) in [6.45, 7) is 1.57. The van der Waals surface area contributed by atoms with Gasteiger partial charge in [0.25, 0.3) is 0 Å². The molecule has 2 aromatic rings. The lowest BCUT2D eigenvalue weighted by atomic mass is 9.90. The average Bonchev–Trinajstić information content (AvgIpc) is 2.57. The maximum atomic E-state index is 12.3. The van der Waals surface area contributed by atoms with Crippen LogP contribution in [0.1, 0.15) is 43.4 Å². The van der Waals surface area contributed by atoms with E-state index in [2.05, 4.69) is 0 Å². The molecular formula is C19H20O5. The maximum absolute atomic E-state index is 12.3. The molecule has 1 atom stereocenters. The van der Waals surface area contributed by atoms with Crippen LogP contribution in [0.3, 0.4) is 0 Å². The van der Waals surface area contributed by atoms with Crippen LogP contribution < -0.4 is 5.43 Å². The molecule has 1 unspecified atom stereocenters. The van der Waals surface area contributed by atoms with Crippen LogP contribution in [-0.4, -0.2) is 18.4 Å². The Labute approximate surface area is 140 Å². The van der Waals surface area contributed by atoms with Crippen LogP contribution in [0.15, 0.2) is 57.9 Å². The Hall–Kier alpha value is -2.69. The first-order valence-electron chi connectivity index (χ1n) is 7.85. The number of benzene rings is 1. The zero-order chi connectivity index (χ0) is 17.4. The molecule has 0 saturated heterocycles. The van der Waals surface area contributed by atoms with Crippen molar-refractivity contribution in [1.29, 1.82) is 0 Å². The van der Waals surface area contributed by atoms with Gasteiger partial charge in [0.05, 0.1) is 12.9 Å². The minimum atomic E-state index is -0.351. The third kappa shape index (κ3) is 5.50. The fourth-order valence-corrected chi connectivity index (χ4v) is 2.47. The van der Waals surface area contributed by atoms with Gasteiger partial charge in [-0.15, -0.1) is 0 Å². The number of hydrogen-bond donors (Lipinski definition) is 0. The molecule has 1 aromatic carbocycles. The summed E-state index contributed by atoms with van der Waals surface area (Å²) in [7, 11) is 0. The number of carbonyl (C=O) groups excluding carboxylic acids is 2. The topological polar surface area (TPSA) is 73.6 Å². The number of hydrogen-bond acceptors (Lipinski definition) is 5. The van der Waals surface area contributed by atoms with Crippen molar-refractivity contribution < 1.29 is 18.7 Å². The fraction of sp³-hybridized carbons (Fsp3) is 0.316. The second-order valence-electron chi connectivity index (χ2n) is 5.52. The van der Waals surface area contributed by atoms with E-state index in [4.69, 9.17) is 9.15 Å². The molecule has 0 aliphatic rings. The largest absolute Gasteiger partial charge is 0.468 e. The maximum Gasteiger partial charge on any atom is 0.302 e. The molecule has 0 fully saturated rings. The number of esters is 1. The van der Waals surface area contributed by atoms with Gasteiger partial charge >= 0.3 is 5.97 Å². The fourth-order valence-electron chi connectivity index (χ4n) is 2.47. The Morgan fingerprint density at radius 2 is 1.92 bits per heavy atom. The number of Topliss-reactive ketones (excluding diaryl/α,β-unsaturated/α-hetero) is 1. The molecule has 2 rings (SSSR count). The van der Waals surface area contributed by atoms with Crippen molar-refractivity contribution in [1.82, 2.24) is 0 Å². The number of ether oxygens (including phenoxy) is 1. The van der Waals surface area contributed by atoms with Crippen LogP contribution in [0.4, 0.5) is 0 Å². The van der Waals surface area contributed by atoms with Gasteiger partial charge in [0.2, 0.25) is 0 Å². The van der Waals surface area contributed by atoms with Crippen LogP contribution in [-0.2, 0) is 14.3 Å². The highest BCUT2D eigenvalue weighted by Gasteiger charge is 2.20. The lowest BCUT2D eigenvalue weighted by molar-refractivity contribution is -0.141. The summed E-state index contributed by atoms with van der Waals surface area (Å²) in [5, 5.41) is 0. The molecule has 24 heavy (non-hydrogen) atoms. The van der Waals surface area contributed by atoms with Gasteiger partial charge in [-0.1, -0.05) is 30.3 Å². The lowest BCUT2D eigenvalue weighted by Gasteiger charge is -2.15. The normalized spacial score (nSPS) is 11.7. The zero-order valence-electron chi connectivity index (χ0n) is 13.6. The van der Waals surface area contributed by atoms with Crippen LogP contribution in [0, 0.1) is 0 Å². The minimum Gasteiger partial charge on any atom is -0.468 e. The summed E-state index contributed by atoms with van der Waals surface area (Å²) in [6, 6.07) is 12.2. The third-order valence-corrected chi connectivity index (χ3v) is 3.60. The van der Waals surface area contributed by atoms with Crippen molar-refractivity contribution in [3.8, 4) is 0 Å². The van der Waals surface area contributed by atoms with Crippen LogP contribution in [0.25, 0.3) is 0 Å². The minimum absolute atomic E-state index is 0.0301. The first-order chi connectivity index (χ1) is 11.6. The van der Waals surface area contributed by atoms with E-state index in [0.29, 0.717) is 18.6 Å². The molecule has 1 aromatic heterocycles. The Morgan fingerprint density at radius 3 is 2.58 bits per heavy atom. The average molecular weight is 328 g/mol. The van der Waals surface area contributed by atoms with Gasteiger partial charge in [-0.2, -0.15) is 0 Å². The summed E-state index contributed by atoms with van der Waals surface area (Å²) in [5.41, 5.74) is 0.764. The molecule has 0 N–H and O–H groups in total. The Kier molecular flexibility index (Phi) is 6.49. The molecule has 0 amide bonds. The molecular weight excluding hydrogens is 308 g/mol. The van der Waals surface area contributed by atoms with Gasteiger partial charge in [0.15, 0.2) is 5.43 Å². The van der Waals surface area contributed by atoms with Crippen molar-refractivity contribution in [2.24, 2.45) is 0 Å². The molecule has 1 heterocycles. The first kappa shape index (κ1) is 17.7. The Morgan fingerprint density at radius 1 is 1.17 bits per heavy atom. The SMILES string of the molecule is CC(=O)OCCCC(=O)CC(c1ccccc1)c1cc(=O)cco1. The molecule has 0 aliphatic carbocycles. The molecule has 0 spiro atoms. The molecule has 0 radical (unpaired) electrons. The Bertz CT molecular complexity index is 733. The highest BCUT2D eigenvalue weighted by molar-refractivity contribution is 5.79. The van der Waals surface area contributed by atoms with Gasteiger partial charge in [0.1, 0.15) is 11.5 Å². The zero-order valence-corrected chi connectivity index (χ0v) is 13.6. The van der Waals surface area contributed by atoms with Crippen molar-refractivity contribution in [3.63, 3.8) is 0 Å². The van der Waals surface area contributed by atoms with E-state index < -0.39 is 0 Å². The van der Waals surface area contributed by atoms with Crippen molar-refractivity contribution in [2.75, 3.05) is 6.61 Å². The monoisotopic (exact) mass is 328 g/mol.